The Balaban J connectivity index is 1.95. The molecule has 1 atom stereocenters. The molecule has 0 aliphatic carbocycles. The van der Waals surface area contributed by atoms with E-state index in [9.17, 15) is 9.90 Å². The van der Waals surface area contributed by atoms with Crippen LogP contribution in [-0.2, 0) is 4.79 Å². The second-order valence-electron chi connectivity index (χ2n) is 4.55. The van der Waals surface area contributed by atoms with Gasteiger partial charge in [0.1, 0.15) is 0 Å². The molecule has 0 saturated carbocycles. The van der Waals surface area contributed by atoms with Gasteiger partial charge in [0.05, 0.1) is 5.69 Å². The molecule has 1 unspecified atom stereocenters. The molecule has 1 aliphatic rings. The van der Waals surface area contributed by atoms with Gasteiger partial charge in [-0.15, -0.1) is 0 Å². The SMILES string of the molecule is CN1C(=O)C(O)c2ccc(Sc3ccccc3Br)cc21. The number of hydrogen-bond donors (Lipinski definition) is 1. The van der Waals surface area contributed by atoms with Crippen molar-refractivity contribution in [1.29, 1.82) is 0 Å². The maximum Gasteiger partial charge on any atom is 0.260 e. The van der Waals surface area contributed by atoms with Crippen molar-refractivity contribution in [1.82, 2.24) is 0 Å². The number of nitrogens with zero attached hydrogens (tertiary/aromatic N) is 1. The van der Waals surface area contributed by atoms with Gasteiger partial charge in [-0.2, -0.15) is 0 Å². The van der Waals surface area contributed by atoms with Crippen LogP contribution in [0.25, 0.3) is 0 Å². The first kappa shape index (κ1) is 13.7. The van der Waals surface area contributed by atoms with E-state index in [-0.39, 0.29) is 5.91 Å². The molecule has 0 spiro atoms. The molecule has 1 amide bonds. The van der Waals surface area contributed by atoms with Gasteiger partial charge < -0.3 is 10.0 Å². The average molecular weight is 350 g/mol. The minimum absolute atomic E-state index is 0.275. The first-order valence-corrected chi connectivity index (χ1v) is 7.71. The Bertz CT molecular complexity index is 689. The second kappa shape index (κ2) is 5.24. The number of rotatable bonds is 2. The molecule has 102 valence electrons. The molecular formula is C15H12BrNO2S. The van der Waals surface area contributed by atoms with Crippen LogP contribution in [0.3, 0.4) is 0 Å². The summed E-state index contributed by atoms with van der Waals surface area (Å²) >= 11 is 5.14. The van der Waals surface area contributed by atoms with E-state index in [4.69, 9.17) is 0 Å². The number of anilines is 1. The van der Waals surface area contributed by atoms with Gasteiger partial charge in [-0.1, -0.05) is 30.0 Å². The maximum absolute atomic E-state index is 11.7. The molecule has 5 heteroatoms. The second-order valence-corrected chi connectivity index (χ2v) is 6.52. The first-order valence-electron chi connectivity index (χ1n) is 6.10. The molecule has 2 aromatic rings. The summed E-state index contributed by atoms with van der Waals surface area (Å²) in [4.78, 5) is 15.4. The lowest BCUT2D eigenvalue weighted by Crippen LogP contribution is -2.23. The van der Waals surface area contributed by atoms with Gasteiger partial charge in [0.2, 0.25) is 0 Å². The Kier molecular flexibility index (Phi) is 3.58. The fraction of sp³-hybridized carbons (Fsp3) is 0.133. The highest BCUT2D eigenvalue weighted by atomic mass is 79.9. The number of halogens is 1. The van der Waals surface area contributed by atoms with Crippen LogP contribution in [0, 0.1) is 0 Å². The lowest BCUT2D eigenvalue weighted by Gasteiger charge is -2.11. The molecule has 20 heavy (non-hydrogen) atoms. The van der Waals surface area contributed by atoms with Gasteiger partial charge in [-0.05, 0) is 40.2 Å². The van der Waals surface area contributed by atoms with Gasteiger partial charge in [0.15, 0.2) is 6.10 Å². The number of amides is 1. The zero-order valence-corrected chi connectivity index (χ0v) is 13.1. The van der Waals surface area contributed by atoms with Crippen LogP contribution in [0.15, 0.2) is 56.7 Å². The Hall–Kier alpha value is -1.30. The Morgan fingerprint density at radius 1 is 1.25 bits per heavy atom. The van der Waals surface area contributed by atoms with Crippen LogP contribution >= 0.6 is 27.7 Å². The predicted octanol–water partition coefficient (Wildman–Crippen LogP) is 3.61. The Labute approximate surface area is 129 Å². The highest BCUT2D eigenvalue weighted by Crippen LogP contribution is 2.40. The number of fused-ring (bicyclic) bond motifs is 1. The number of carbonyl (C=O) groups excluding carboxylic acids is 1. The fourth-order valence-corrected chi connectivity index (χ4v) is 3.60. The van der Waals surface area contributed by atoms with Crippen molar-refractivity contribution in [2.45, 2.75) is 15.9 Å². The molecular weight excluding hydrogens is 338 g/mol. The van der Waals surface area contributed by atoms with Gasteiger partial charge in [0.25, 0.3) is 5.91 Å². The number of likely N-dealkylation sites (N-methyl/N-ethyl adjacent to an activating group) is 1. The minimum atomic E-state index is -1.03. The molecule has 1 heterocycles. The molecule has 2 aromatic carbocycles. The molecule has 0 aromatic heterocycles. The van der Waals surface area contributed by atoms with Crippen LogP contribution in [0.1, 0.15) is 11.7 Å². The smallest absolute Gasteiger partial charge is 0.260 e. The van der Waals surface area contributed by atoms with Crippen LogP contribution in [0.2, 0.25) is 0 Å². The van der Waals surface area contributed by atoms with Crippen molar-refractivity contribution in [3.05, 3.63) is 52.5 Å². The van der Waals surface area contributed by atoms with E-state index in [0.29, 0.717) is 5.56 Å². The van der Waals surface area contributed by atoms with Crippen molar-refractivity contribution in [3.63, 3.8) is 0 Å². The molecule has 1 aliphatic heterocycles. The van der Waals surface area contributed by atoms with Crippen molar-refractivity contribution >= 4 is 39.3 Å². The molecule has 3 rings (SSSR count). The first-order chi connectivity index (χ1) is 9.58. The van der Waals surface area contributed by atoms with Gasteiger partial charge in [0, 0.05) is 26.9 Å². The van der Waals surface area contributed by atoms with E-state index in [1.807, 2.05) is 42.5 Å². The minimum Gasteiger partial charge on any atom is -0.378 e. The Morgan fingerprint density at radius 3 is 2.75 bits per heavy atom. The number of hydrogen-bond acceptors (Lipinski definition) is 3. The molecule has 1 N–H and O–H groups in total. The topological polar surface area (TPSA) is 40.5 Å². The number of aliphatic hydroxyl groups is 1. The largest absolute Gasteiger partial charge is 0.378 e. The van der Waals surface area contributed by atoms with Crippen molar-refractivity contribution in [3.8, 4) is 0 Å². The molecule has 3 nitrogen and oxygen atoms in total. The predicted molar refractivity (Wildman–Crippen MR) is 83.1 cm³/mol. The molecule has 0 radical (unpaired) electrons. The van der Waals surface area contributed by atoms with Crippen LogP contribution < -0.4 is 4.90 Å². The van der Waals surface area contributed by atoms with Gasteiger partial charge in [-0.3, -0.25) is 4.79 Å². The zero-order chi connectivity index (χ0) is 14.3. The average Bonchev–Trinajstić information content (AvgIpc) is 2.66. The normalized spacial score (nSPS) is 17.4. The zero-order valence-electron chi connectivity index (χ0n) is 10.7. The highest BCUT2D eigenvalue weighted by Gasteiger charge is 2.33. The van der Waals surface area contributed by atoms with E-state index in [0.717, 1.165) is 20.0 Å². The van der Waals surface area contributed by atoms with Gasteiger partial charge in [-0.25, -0.2) is 0 Å². The number of carbonyl (C=O) groups is 1. The summed E-state index contributed by atoms with van der Waals surface area (Å²) in [6, 6.07) is 13.7. The quantitative estimate of drug-likeness (QED) is 0.900. The fourth-order valence-electron chi connectivity index (χ4n) is 2.20. The van der Waals surface area contributed by atoms with E-state index < -0.39 is 6.10 Å². The van der Waals surface area contributed by atoms with Crippen molar-refractivity contribution in [2.75, 3.05) is 11.9 Å². The third-order valence-electron chi connectivity index (χ3n) is 3.29. The lowest BCUT2D eigenvalue weighted by molar-refractivity contribution is -0.125. The monoisotopic (exact) mass is 349 g/mol. The van der Waals surface area contributed by atoms with E-state index in [1.165, 1.54) is 4.90 Å². The summed E-state index contributed by atoms with van der Waals surface area (Å²) in [5.74, 6) is -0.275. The summed E-state index contributed by atoms with van der Waals surface area (Å²) in [6.45, 7) is 0. The third-order valence-corrected chi connectivity index (χ3v) is 5.31. The summed E-state index contributed by atoms with van der Waals surface area (Å²) in [6.07, 6.45) is -1.03. The molecule has 0 bridgehead atoms. The van der Waals surface area contributed by atoms with Crippen molar-refractivity contribution < 1.29 is 9.90 Å². The van der Waals surface area contributed by atoms with E-state index in [1.54, 1.807) is 18.8 Å². The molecule has 0 saturated heterocycles. The maximum atomic E-state index is 11.7. The summed E-state index contributed by atoms with van der Waals surface area (Å²) < 4.78 is 1.04. The van der Waals surface area contributed by atoms with E-state index >= 15 is 0 Å². The number of benzene rings is 2. The molecule has 0 fully saturated rings. The van der Waals surface area contributed by atoms with Crippen LogP contribution in [0.5, 0.6) is 0 Å². The lowest BCUT2D eigenvalue weighted by atomic mass is 10.1. The van der Waals surface area contributed by atoms with E-state index in [2.05, 4.69) is 15.9 Å². The van der Waals surface area contributed by atoms with Gasteiger partial charge >= 0.3 is 0 Å². The van der Waals surface area contributed by atoms with Crippen molar-refractivity contribution in [2.24, 2.45) is 0 Å². The van der Waals surface area contributed by atoms with Crippen LogP contribution in [-0.4, -0.2) is 18.1 Å². The Morgan fingerprint density at radius 2 is 2.00 bits per heavy atom. The van der Waals surface area contributed by atoms with Crippen LogP contribution in [0.4, 0.5) is 5.69 Å². The summed E-state index contributed by atoms with van der Waals surface area (Å²) in [5, 5.41) is 9.84. The summed E-state index contributed by atoms with van der Waals surface area (Å²) in [5.41, 5.74) is 1.45. The summed E-state index contributed by atoms with van der Waals surface area (Å²) in [7, 11) is 1.68. The number of aliphatic hydroxyl groups excluding tert-OH is 1. The standard InChI is InChI=1S/C15H12BrNO2S/c1-17-12-8-9(6-7-10(12)14(18)15(17)19)20-13-5-3-2-4-11(13)16/h2-8,14,18H,1H3. The third kappa shape index (κ3) is 2.26. The highest BCUT2D eigenvalue weighted by molar-refractivity contribution is 9.10.